The van der Waals surface area contributed by atoms with Crippen molar-refractivity contribution < 1.29 is 13.2 Å². The van der Waals surface area contributed by atoms with Crippen LogP contribution in [0.1, 0.15) is 25.7 Å². The molecule has 2 heterocycles. The van der Waals surface area contributed by atoms with E-state index in [1.54, 1.807) is 0 Å². The molecule has 0 radical (unpaired) electrons. The third-order valence-electron chi connectivity index (χ3n) is 4.24. The maximum Gasteiger partial charge on any atom is 0.241 e. The van der Waals surface area contributed by atoms with Gasteiger partial charge < -0.3 is 10.2 Å². The Balaban J connectivity index is 2.03. The van der Waals surface area contributed by atoms with Crippen LogP contribution in [0.15, 0.2) is 0 Å². The zero-order chi connectivity index (χ0) is 14.8. The Hall–Kier alpha value is -0.660. The first kappa shape index (κ1) is 15.7. The fourth-order valence-electron chi connectivity index (χ4n) is 3.32. The number of nitrogens with one attached hydrogen (secondary N) is 1. The molecular formula is C13H25N3O3S. The molecule has 2 saturated heterocycles. The van der Waals surface area contributed by atoms with Crippen molar-refractivity contribution >= 4 is 15.9 Å². The minimum Gasteiger partial charge on any atom is -0.341 e. The minimum absolute atomic E-state index is 0.00581. The van der Waals surface area contributed by atoms with Crippen LogP contribution in [0.5, 0.6) is 0 Å². The van der Waals surface area contributed by atoms with Gasteiger partial charge in [0.25, 0.3) is 0 Å². The number of rotatable bonds is 4. The summed E-state index contributed by atoms with van der Waals surface area (Å²) < 4.78 is 24.9. The molecular weight excluding hydrogens is 278 g/mol. The normalized spacial score (nSPS) is 28.8. The van der Waals surface area contributed by atoms with Gasteiger partial charge in [-0.1, -0.05) is 0 Å². The topological polar surface area (TPSA) is 69.7 Å². The van der Waals surface area contributed by atoms with Gasteiger partial charge in [0.05, 0.1) is 6.26 Å². The van der Waals surface area contributed by atoms with Crippen molar-refractivity contribution in [1.29, 1.82) is 0 Å². The van der Waals surface area contributed by atoms with Crippen molar-refractivity contribution in [3.05, 3.63) is 0 Å². The average molecular weight is 303 g/mol. The van der Waals surface area contributed by atoms with E-state index in [0.29, 0.717) is 18.9 Å². The zero-order valence-electron chi connectivity index (χ0n) is 12.3. The van der Waals surface area contributed by atoms with Gasteiger partial charge in [0.15, 0.2) is 0 Å². The van der Waals surface area contributed by atoms with Gasteiger partial charge in [0.1, 0.15) is 6.04 Å². The van der Waals surface area contributed by atoms with Gasteiger partial charge in [-0.25, -0.2) is 8.42 Å². The molecule has 0 unspecified atom stereocenters. The Morgan fingerprint density at radius 2 is 1.95 bits per heavy atom. The molecule has 0 aromatic carbocycles. The van der Waals surface area contributed by atoms with Gasteiger partial charge in [-0.3, -0.25) is 4.79 Å². The number of nitrogens with zero attached hydrogens (tertiary/aromatic N) is 2. The van der Waals surface area contributed by atoms with E-state index in [9.17, 15) is 13.2 Å². The zero-order valence-corrected chi connectivity index (χ0v) is 13.2. The monoisotopic (exact) mass is 303 g/mol. The van der Waals surface area contributed by atoms with Crippen molar-refractivity contribution in [2.24, 2.45) is 5.92 Å². The molecule has 2 fully saturated rings. The quantitative estimate of drug-likeness (QED) is 0.785. The third kappa shape index (κ3) is 3.51. The number of hydrogen-bond donors (Lipinski definition) is 1. The van der Waals surface area contributed by atoms with E-state index < -0.39 is 16.1 Å². The van der Waals surface area contributed by atoms with E-state index in [4.69, 9.17) is 0 Å². The van der Waals surface area contributed by atoms with Crippen molar-refractivity contribution in [3.8, 4) is 0 Å². The first-order valence-electron chi connectivity index (χ1n) is 7.33. The van der Waals surface area contributed by atoms with Crippen LogP contribution in [-0.2, 0) is 14.8 Å². The number of carbonyl (C=O) groups is 1. The van der Waals surface area contributed by atoms with E-state index in [0.717, 1.165) is 38.9 Å². The summed E-state index contributed by atoms with van der Waals surface area (Å²) in [6.45, 7) is 2.88. The van der Waals surface area contributed by atoms with Crippen LogP contribution in [0.3, 0.4) is 0 Å². The first-order valence-corrected chi connectivity index (χ1v) is 9.18. The van der Waals surface area contributed by atoms with Gasteiger partial charge in [0.2, 0.25) is 15.9 Å². The van der Waals surface area contributed by atoms with E-state index in [-0.39, 0.29) is 5.91 Å². The summed E-state index contributed by atoms with van der Waals surface area (Å²) in [7, 11) is -1.37. The molecule has 0 spiro atoms. The predicted octanol–water partition coefficient (Wildman–Crippen LogP) is -0.132. The molecule has 116 valence electrons. The molecule has 0 aromatic heterocycles. The number of amides is 1. The van der Waals surface area contributed by atoms with Crippen LogP contribution < -0.4 is 5.32 Å². The van der Waals surface area contributed by atoms with E-state index in [1.807, 2.05) is 11.9 Å². The van der Waals surface area contributed by atoms with Gasteiger partial charge in [0, 0.05) is 19.6 Å². The standard InChI is InChI=1S/C13H25N3O3S/c1-14-9-11-5-3-7-15(10-11)13(17)12-6-4-8-16(12)20(2,18)19/h11-12,14H,3-10H2,1-2H3/t11-,12-/m1/s1. The molecule has 2 atom stereocenters. The van der Waals surface area contributed by atoms with Crippen LogP contribution >= 0.6 is 0 Å². The van der Waals surface area contributed by atoms with Crippen molar-refractivity contribution in [2.75, 3.05) is 39.5 Å². The summed E-state index contributed by atoms with van der Waals surface area (Å²) in [6, 6.07) is -0.474. The molecule has 0 aliphatic carbocycles. The van der Waals surface area contributed by atoms with Crippen LogP contribution in [0.2, 0.25) is 0 Å². The fourth-order valence-corrected chi connectivity index (χ4v) is 4.43. The van der Waals surface area contributed by atoms with Crippen molar-refractivity contribution in [2.45, 2.75) is 31.7 Å². The van der Waals surface area contributed by atoms with Crippen LogP contribution in [0, 0.1) is 5.92 Å². The summed E-state index contributed by atoms with van der Waals surface area (Å²) in [5.74, 6) is 0.472. The lowest BCUT2D eigenvalue weighted by Gasteiger charge is -2.35. The second-order valence-corrected chi connectivity index (χ2v) is 7.82. The molecule has 2 aliphatic rings. The predicted molar refractivity (Wildman–Crippen MR) is 77.8 cm³/mol. The number of carbonyl (C=O) groups excluding carboxylic acids is 1. The summed E-state index contributed by atoms with van der Waals surface area (Å²) >= 11 is 0. The number of piperidine rings is 1. The molecule has 2 rings (SSSR count). The van der Waals surface area contributed by atoms with Crippen LogP contribution in [-0.4, -0.2) is 69.1 Å². The largest absolute Gasteiger partial charge is 0.341 e. The fraction of sp³-hybridized carbons (Fsp3) is 0.923. The second-order valence-electron chi connectivity index (χ2n) is 5.88. The van der Waals surface area contributed by atoms with Gasteiger partial charge in [-0.05, 0) is 45.2 Å². The van der Waals surface area contributed by atoms with Crippen LogP contribution in [0.4, 0.5) is 0 Å². The van der Waals surface area contributed by atoms with E-state index >= 15 is 0 Å². The molecule has 20 heavy (non-hydrogen) atoms. The smallest absolute Gasteiger partial charge is 0.241 e. The highest BCUT2D eigenvalue weighted by Gasteiger charge is 2.39. The highest BCUT2D eigenvalue weighted by atomic mass is 32.2. The average Bonchev–Trinajstić information content (AvgIpc) is 2.87. The maximum atomic E-state index is 12.6. The third-order valence-corrected chi connectivity index (χ3v) is 5.53. The minimum atomic E-state index is -3.29. The summed E-state index contributed by atoms with van der Waals surface area (Å²) in [5.41, 5.74) is 0. The van der Waals surface area contributed by atoms with Gasteiger partial charge in [-0.2, -0.15) is 4.31 Å². The van der Waals surface area contributed by atoms with Crippen molar-refractivity contribution in [1.82, 2.24) is 14.5 Å². The molecule has 0 bridgehead atoms. The number of sulfonamides is 1. The molecule has 1 amide bonds. The van der Waals surface area contributed by atoms with Crippen molar-refractivity contribution in [3.63, 3.8) is 0 Å². The molecule has 7 heteroatoms. The number of hydrogen-bond acceptors (Lipinski definition) is 4. The molecule has 6 nitrogen and oxygen atoms in total. The molecule has 1 N–H and O–H groups in total. The maximum absolute atomic E-state index is 12.6. The van der Waals surface area contributed by atoms with Gasteiger partial charge in [-0.15, -0.1) is 0 Å². The SMILES string of the molecule is CNC[C@H]1CCCN(C(=O)[C@H]2CCCN2S(C)(=O)=O)C1. The lowest BCUT2D eigenvalue weighted by Crippen LogP contribution is -2.51. The Morgan fingerprint density at radius 3 is 2.60 bits per heavy atom. The molecule has 0 saturated carbocycles. The Labute approximate surface area is 121 Å². The van der Waals surface area contributed by atoms with E-state index in [1.165, 1.54) is 10.6 Å². The Bertz CT molecular complexity index is 450. The highest BCUT2D eigenvalue weighted by molar-refractivity contribution is 7.88. The summed E-state index contributed by atoms with van der Waals surface area (Å²) in [4.78, 5) is 14.5. The Morgan fingerprint density at radius 1 is 1.25 bits per heavy atom. The van der Waals surface area contributed by atoms with Gasteiger partial charge >= 0.3 is 0 Å². The highest BCUT2D eigenvalue weighted by Crippen LogP contribution is 2.24. The van der Waals surface area contributed by atoms with Crippen LogP contribution in [0.25, 0.3) is 0 Å². The molecule has 0 aromatic rings. The lowest BCUT2D eigenvalue weighted by molar-refractivity contribution is -0.136. The van der Waals surface area contributed by atoms with E-state index in [2.05, 4.69) is 5.32 Å². The lowest BCUT2D eigenvalue weighted by atomic mass is 9.97. The summed E-state index contributed by atoms with van der Waals surface area (Å²) in [6.07, 6.45) is 4.75. The summed E-state index contributed by atoms with van der Waals surface area (Å²) in [5, 5.41) is 3.16. The Kier molecular flexibility index (Phi) is 5.04. The first-order chi connectivity index (χ1) is 9.43. The number of likely N-dealkylation sites (tertiary alicyclic amines) is 1. The second kappa shape index (κ2) is 6.41. The molecule has 2 aliphatic heterocycles.